The Morgan fingerprint density at radius 3 is 2.50 bits per heavy atom. The molecule has 0 radical (unpaired) electrons. The number of pyridine rings is 1. The second-order valence-electron chi connectivity index (χ2n) is 10.0. The van der Waals surface area contributed by atoms with E-state index in [4.69, 9.17) is 13.8 Å². The number of rotatable bonds is 5. The van der Waals surface area contributed by atoms with Crippen molar-refractivity contribution >= 4 is 38.9 Å². The molecule has 0 saturated heterocycles. The van der Waals surface area contributed by atoms with Crippen molar-refractivity contribution < 1.29 is 29.9 Å². The number of anilines is 3. The van der Waals surface area contributed by atoms with Gasteiger partial charge in [0.05, 0.1) is 18.0 Å². The molecule has 0 N–H and O–H groups in total. The van der Waals surface area contributed by atoms with Crippen LogP contribution in [0.5, 0.6) is 11.5 Å². The quantitative estimate of drug-likeness (QED) is 0.169. The SMILES string of the molecule is [2H]C([2H])([2H])N1CN(c2[c-]c(Oc3[c-]c4c(cc3)c3ccccc3n4-c3cc(C(C)C)ccn3)ccc2)c2ccccc21.[Pt+2]. The molecule has 0 fully saturated rings. The van der Waals surface area contributed by atoms with Crippen molar-refractivity contribution in [3.8, 4) is 17.3 Å². The normalized spacial score (nSPS) is 14.1. The number of para-hydroxylation sites is 3. The summed E-state index contributed by atoms with van der Waals surface area (Å²) in [5.41, 5.74) is 5.34. The molecule has 4 aromatic carbocycles. The van der Waals surface area contributed by atoms with Gasteiger partial charge in [-0.15, -0.1) is 35.7 Å². The number of hydrogen-bond donors (Lipinski definition) is 0. The summed E-state index contributed by atoms with van der Waals surface area (Å²) in [7, 11) is 0. The van der Waals surface area contributed by atoms with Crippen LogP contribution in [0.3, 0.4) is 0 Å². The van der Waals surface area contributed by atoms with Gasteiger partial charge in [0.2, 0.25) is 0 Å². The third kappa shape index (κ3) is 4.45. The Morgan fingerprint density at radius 2 is 1.65 bits per heavy atom. The first kappa shape index (κ1) is 22.7. The summed E-state index contributed by atoms with van der Waals surface area (Å²) in [6.45, 7) is 2.28. The molecule has 0 atom stereocenters. The van der Waals surface area contributed by atoms with Crippen LogP contribution in [0.15, 0.2) is 97.2 Å². The fourth-order valence-electron chi connectivity index (χ4n) is 5.28. The Hall–Kier alpha value is -4.08. The van der Waals surface area contributed by atoms with E-state index in [2.05, 4.69) is 60.9 Å². The first-order chi connectivity index (χ1) is 20.3. The van der Waals surface area contributed by atoms with Crippen LogP contribution in [0.1, 0.15) is 29.4 Å². The zero-order chi connectivity index (χ0) is 29.0. The van der Waals surface area contributed by atoms with Gasteiger partial charge in [0, 0.05) is 34.3 Å². The molecule has 2 aromatic heterocycles. The summed E-state index contributed by atoms with van der Waals surface area (Å²) >= 11 is 0. The maximum Gasteiger partial charge on any atom is 2.00 e. The number of nitrogens with zero attached hydrogens (tertiary/aromatic N) is 4. The van der Waals surface area contributed by atoms with Crippen LogP contribution >= 0.6 is 0 Å². The monoisotopic (exact) mass is 706 g/mol. The maximum atomic E-state index is 8.01. The second-order valence-corrected chi connectivity index (χ2v) is 10.0. The number of fused-ring (bicyclic) bond motifs is 4. The molecule has 0 unspecified atom stereocenters. The first-order valence-corrected chi connectivity index (χ1v) is 13.0. The molecule has 0 saturated carbocycles. The largest absolute Gasteiger partial charge is 2.00 e. The Bertz CT molecular complexity index is 1950. The van der Waals surface area contributed by atoms with Crippen LogP contribution in [0.2, 0.25) is 0 Å². The van der Waals surface area contributed by atoms with E-state index < -0.39 is 6.98 Å². The minimum atomic E-state index is -2.26. The molecule has 7 rings (SSSR count). The standard InChI is InChI=1S/C34H28N4O.Pt/c1-23(2)24-17-18-35-34(19-24)38-30-12-5-4-11-28(30)29-16-15-27(21-33(29)38)39-26-10-8-9-25(20-26)37-22-36(3)31-13-6-7-14-32(31)37;/h4-19,23H,22H2,1-3H3;/q-2;+2/i3D3;. The molecule has 6 aromatic rings. The van der Waals surface area contributed by atoms with Gasteiger partial charge in [-0.05, 0) is 47.2 Å². The van der Waals surface area contributed by atoms with Crippen LogP contribution in [-0.2, 0) is 21.1 Å². The third-order valence-electron chi connectivity index (χ3n) is 7.23. The van der Waals surface area contributed by atoms with Crippen molar-refractivity contribution in [3.63, 3.8) is 0 Å². The van der Waals surface area contributed by atoms with Crippen molar-refractivity contribution in [3.05, 3.63) is 115 Å². The van der Waals surface area contributed by atoms with Crippen molar-refractivity contribution in [2.24, 2.45) is 0 Å². The Morgan fingerprint density at radius 1 is 0.850 bits per heavy atom. The Kier molecular flexibility index (Phi) is 5.95. The van der Waals surface area contributed by atoms with Gasteiger partial charge in [-0.1, -0.05) is 55.4 Å². The molecule has 3 heterocycles. The van der Waals surface area contributed by atoms with E-state index in [-0.39, 0.29) is 27.7 Å². The minimum absolute atomic E-state index is 0. The summed E-state index contributed by atoms with van der Waals surface area (Å²) < 4.78 is 32.5. The van der Waals surface area contributed by atoms with Gasteiger partial charge in [-0.3, -0.25) is 0 Å². The molecular formula is C34H28N4OPt. The van der Waals surface area contributed by atoms with E-state index >= 15 is 0 Å². The van der Waals surface area contributed by atoms with E-state index in [1.165, 1.54) is 10.5 Å². The fraction of sp³-hybridized carbons (Fsp3) is 0.147. The van der Waals surface area contributed by atoms with Crippen LogP contribution in [0.25, 0.3) is 27.6 Å². The average Bonchev–Trinajstić information content (AvgIpc) is 3.54. The van der Waals surface area contributed by atoms with Crippen molar-refractivity contribution in [1.29, 1.82) is 0 Å². The summed E-state index contributed by atoms with van der Waals surface area (Å²) in [5.74, 6) is 2.27. The van der Waals surface area contributed by atoms with Gasteiger partial charge in [0.25, 0.3) is 0 Å². The minimum Gasteiger partial charge on any atom is -0.509 e. The molecular weight excluding hydrogens is 675 g/mol. The van der Waals surface area contributed by atoms with Crippen LogP contribution in [-0.4, -0.2) is 23.2 Å². The smallest absolute Gasteiger partial charge is 0.509 e. The van der Waals surface area contributed by atoms with Crippen LogP contribution in [0, 0.1) is 12.1 Å². The van der Waals surface area contributed by atoms with Crippen LogP contribution in [0.4, 0.5) is 17.1 Å². The van der Waals surface area contributed by atoms with Crippen molar-refractivity contribution in [1.82, 2.24) is 9.55 Å². The summed E-state index contributed by atoms with van der Waals surface area (Å²) in [6, 6.07) is 36.4. The van der Waals surface area contributed by atoms with Gasteiger partial charge < -0.3 is 19.1 Å². The fourth-order valence-corrected chi connectivity index (χ4v) is 5.28. The molecule has 5 nitrogen and oxygen atoms in total. The Labute approximate surface area is 253 Å². The summed E-state index contributed by atoms with van der Waals surface area (Å²) in [4.78, 5) is 8.08. The number of benzene rings is 4. The molecule has 40 heavy (non-hydrogen) atoms. The number of aromatic nitrogens is 2. The van der Waals surface area contributed by atoms with E-state index in [9.17, 15) is 0 Å². The molecule has 0 bridgehead atoms. The summed E-state index contributed by atoms with van der Waals surface area (Å²) in [5, 5.41) is 2.18. The van der Waals surface area contributed by atoms with E-state index in [1.807, 2.05) is 71.8 Å². The Balaban J connectivity index is 0.00000329. The van der Waals surface area contributed by atoms with E-state index in [0.29, 0.717) is 23.1 Å². The van der Waals surface area contributed by atoms with E-state index in [0.717, 1.165) is 39.0 Å². The predicted octanol–water partition coefficient (Wildman–Crippen LogP) is 8.24. The van der Waals surface area contributed by atoms with Gasteiger partial charge in [-0.2, -0.15) is 12.1 Å². The zero-order valence-electron chi connectivity index (χ0n) is 25.0. The van der Waals surface area contributed by atoms with E-state index in [1.54, 1.807) is 0 Å². The van der Waals surface area contributed by atoms with Crippen LogP contribution < -0.4 is 14.5 Å². The van der Waals surface area contributed by atoms with Crippen molar-refractivity contribution in [2.45, 2.75) is 19.8 Å². The molecule has 0 amide bonds. The molecule has 0 spiro atoms. The summed E-state index contributed by atoms with van der Waals surface area (Å²) in [6.07, 6.45) is 1.86. The van der Waals surface area contributed by atoms with Gasteiger partial charge >= 0.3 is 21.1 Å². The predicted molar refractivity (Wildman–Crippen MR) is 159 cm³/mol. The second kappa shape index (κ2) is 10.5. The molecule has 6 heteroatoms. The number of hydrogen-bond acceptors (Lipinski definition) is 4. The van der Waals surface area contributed by atoms with Gasteiger partial charge in [-0.25, -0.2) is 4.98 Å². The number of ether oxygens (including phenoxy) is 1. The third-order valence-corrected chi connectivity index (χ3v) is 7.23. The first-order valence-electron chi connectivity index (χ1n) is 14.5. The topological polar surface area (TPSA) is 33.5 Å². The van der Waals surface area contributed by atoms with Gasteiger partial charge in [0.15, 0.2) is 0 Å². The molecule has 200 valence electrons. The van der Waals surface area contributed by atoms with Gasteiger partial charge in [0.1, 0.15) is 5.82 Å². The average molecular weight is 707 g/mol. The molecule has 1 aliphatic rings. The molecule has 1 aliphatic heterocycles. The maximum absolute atomic E-state index is 8.01. The van der Waals surface area contributed by atoms with Crippen molar-refractivity contribution in [2.75, 3.05) is 23.4 Å². The zero-order valence-corrected chi connectivity index (χ0v) is 24.3. The molecule has 0 aliphatic carbocycles.